The molecule has 2 aromatic heterocycles. The number of hydrogen-bond donors (Lipinski definition) is 1. The van der Waals surface area contributed by atoms with Gasteiger partial charge in [-0.05, 0) is 50.5 Å². The summed E-state index contributed by atoms with van der Waals surface area (Å²) in [7, 11) is 0. The van der Waals surface area contributed by atoms with E-state index in [0.29, 0.717) is 30.1 Å². The van der Waals surface area contributed by atoms with Crippen LogP contribution in [0.2, 0.25) is 0 Å². The molecule has 33 heavy (non-hydrogen) atoms. The van der Waals surface area contributed by atoms with Crippen molar-refractivity contribution in [2.45, 2.75) is 40.2 Å². The lowest BCUT2D eigenvalue weighted by molar-refractivity contribution is -0.116. The van der Waals surface area contributed by atoms with Crippen LogP contribution in [-0.2, 0) is 17.8 Å². The molecule has 4 aromatic rings. The fourth-order valence-electron chi connectivity index (χ4n) is 3.84. The Hall–Kier alpha value is -4.00. The molecule has 0 unspecified atom stereocenters. The van der Waals surface area contributed by atoms with Gasteiger partial charge in [0.05, 0.1) is 0 Å². The lowest BCUT2D eigenvalue weighted by atomic mass is 10.1. The standard InChI is InChI=1S/C26H27N5O2/c1-5-15-30-19(4)22(13-14-23(32)27-21-12-11-17(2)18(3)16-21)25(33)31-26(30)28-24(29-31)20-9-7-6-8-10-20/h5-12,16H,1,13-15H2,2-4H3,(H,27,32). The first-order valence-corrected chi connectivity index (χ1v) is 10.9. The number of benzene rings is 2. The molecule has 7 heteroatoms. The molecule has 168 valence electrons. The average molecular weight is 442 g/mol. The van der Waals surface area contributed by atoms with Crippen LogP contribution in [0.3, 0.4) is 0 Å². The molecular formula is C26H27N5O2. The number of rotatable bonds is 7. The number of fused-ring (bicyclic) bond motifs is 1. The summed E-state index contributed by atoms with van der Waals surface area (Å²) in [5.41, 5.74) is 4.92. The van der Waals surface area contributed by atoms with Crippen molar-refractivity contribution in [1.82, 2.24) is 19.2 Å². The number of aryl methyl sites for hydroxylation is 2. The van der Waals surface area contributed by atoms with Gasteiger partial charge >= 0.3 is 0 Å². The first kappa shape index (κ1) is 22.2. The molecule has 7 nitrogen and oxygen atoms in total. The predicted molar refractivity (Wildman–Crippen MR) is 130 cm³/mol. The summed E-state index contributed by atoms with van der Waals surface area (Å²) in [6.45, 7) is 10.2. The molecule has 0 bridgehead atoms. The van der Waals surface area contributed by atoms with Crippen molar-refractivity contribution in [2.24, 2.45) is 0 Å². The quantitative estimate of drug-likeness (QED) is 0.435. The van der Waals surface area contributed by atoms with E-state index in [-0.39, 0.29) is 17.9 Å². The molecule has 0 radical (unpaired) electrons. The minimum atomic E-state index is -0.253. The van der Waals surface area contributed by atoms with Gasteiger partial charge in [-0.1, -0.05) is 42.5 Å². The van der Waals surface area contributed by atoms with Gasteiger partial charge in [-0.25, -0.2) is 0 Å². The topological polar surface area (TPSA) is 81.3 Å². The first-order valence-electron chi connectivity index (χ1n) is 10.9. The van der Waals surface area contributed by atoms with Crippen LogP contribution in [0, 0.1) is 20.8 Å². The number of anilines is 1. The number of amides is 1. The molecule has 4 rings (SSSR count). The van der Waals surface area contributed by atoms with E-state index in [2.05, 4.69) is 22.0 Å². The monoisotopic (exact) mass is 441 g/mol. The summed E-state index contributed by atoms with van der Waals surface area (Å²) in [5, 5.41) is 7.40. The molecule has 0 aliphatic rings. The molecule has 2 heterocycles. The van der Waals surface area contributed by atoms with Crippen molar-refractivity contribution in [2.75, 3.05) is 5.32 Å². The van der Waals surface area contributed by atoms with E-state index >= 15 is 0 Å². The molecule has 0 fully saturated rings. The van der Waals surface area contributed by atoms with Gasteiger partial charge < -0.3 is 9.88 Å². The predicted octanol–water partition coefficient (Wildman–Crippen LogP) is 4.24. The van der Waals surface area contributed by atoms with Crippen molar-refractivity contribution in [3.05, 3.63) is 93.9 Å². The highest BCUT2D eigenvalue weighted by molar-refractivity contribution is 5.91. The number of carbonyl (C=O) groups excluding carboxylic acids is 1. The normalized spacial score (nSPS) is 11.0. The number of nitrogens with one attached hydrogen (secondary N) is 1. The largest absolute Gasteiger partial charge is 0.326 e. The number of hydrogen-bond acceptors (Lipinski definition) is 4. The van der Waals surface area contributed by atoms with Crippen molar-refractivity contribution < 1.29 is 4.79 Å². The third-order valence-electron chi connectivity index (χ3n) is 5.86. The van der Waals surface area contributed by atoms with E-state index in [4.69, 9.17) is 0 Å². The smallest absolute Gasteiger partial charge is 0.279 e. The van der Waals surface area contributed by atoms with Gasteiger partial charge in [0, 0.05) is 35.5 Å². The second-order valence-electron chi connectivity index (χ2n) is 8.13. The van der Waals surface area contributed by atoms with Gasteiger partial charge in [0.1, 0.15) is 0 Å². The van der Waals surface area contributed by atoms with Gasteiger partial charge in [-0.15, -0.1) is 11.7 Å². The number of allylic oxidation sites excluding steroid dienone is 1. The van der Waals surface area contributed by atoms with E-state index < -0.39 is 0 Å². The molecule has 0 saturated carbocycles. The van der Waals surface area contributed by atoms with Gasteiger partial charge in [0.2, 0.25) is 11.7 Å². The van der Waals surface area contributed by atoms with Crippen molar-refractivity contribution in [1.29, 1.82) is 0 Å². The van der Waals surface area contributed by atoms with Crippen LogP contribution in [0.5, 0.6) is 0 Å². The Labute approximate surface area is 192 Å². The van der Waals surface area contributed by atoms with E-state index in [1.807, 2.05) is 73.9 Å². The Morgan fingerprint density at radius 1 is 1.09 bits per heavy atom. The van der Waals surface area contributed by atoms with E-state index in [9.17, 15) is 9.59 Å². The Morgan fingerprint density at radius 2 is 1.85 bits per heavy atom. The molecule has 0 spiro atoms. The maximum atomic E-state index is 13.3. The van der Waals surface area contributed by atoms with Gasteiger partial charge in [0.25, 0.3) is 5.56 Å². The molecule has 2 aromatic carbocycles. The van der Waals surface area contributed by atoms with Crippen LogP contribution < -0.4 is 10.9 Å². The lowest BCUT2D eigenvalue weighted by Crippen LogP contribution is -2.27. The van der Waals surface area contributed by atoms with Crippen molar-refractivity contribution in [3.8, 4) is 11.4 Å². The van der Waals surface area contributed by atoms with E-state index in [1.54, 1.807) is 6.08 Å². The molecule has 1 N–H and O–H groups in total. The summed E-state index contributed by atoms with van der Waals surface area (Å²) < 4.78 is 3.24. The van der Waals surface area contributed by atoms with Crippen LogP contribution in [0.1, 0.15) is 28.8 Å². The Kier molecular flexibility index (Phi) is 6.22. The molecule has 0 atom stereocenters. The Morgan fingerprint density at radius 3 is 2.55 bits per heavy atom. The Bertz CT molecular complexity index is 1400. The van der Waals surface area contributed by atoms with Gasteiger partial charge in [0.15, 0.2) is 5.82 Å². The van der Waals surface area contributed by atoms with E-state index in [0.717, 1.165) is 22.5 Å². The SMILES string of the molecule is C=CCn1c(C)c(CCC(=O)Nc2ccc(C)c(C)c2)c(=O)n2nc(-c3ccccc3)nc12. The van der Waals surface area contributed by atoms with Crippen LogP contribution >= 0.6 is 0 Å². The molecule has 0 aliphatic carbocycles. The zero-order chi connectivity index (χ0) is 23.5. The summed E-state index contributed by atoms with van der Waals surface area (Å²) in [4.78, 5) is 30.5. The second-order valence-corrected chi connectivity index (χ2v) is 8.13. The lowest BCUT2D eigenvalue weighted by Gasteiger charge is -2.14. The van der Waals surface area contributed by atoms with Crippen LogP contribution in [0.25, 0.3) is 17.2 Å². The minimum absolute atomic E-state index is 0.143. The average Bonchev–Trinajstić information content (AvgIpc) is 3.25. The highest BCUT2D eigenvalue weighted by Crippen LogP contribution is 2.18. The fraction of sp³-hybridized carbons (Fsp3) is 0.231. The third-order valence-corrected chi connectivity index (χ3v) is 5.86. The zero-order valence-corrected chi connectivity index (χ0v) is 19.1. The highest BCUT2D eigenvalue weighted by Gasteiger charge is 2.19. The van der Waals surface area contributed by atoms with Crippen LogP contribution in [0.4, 0.5) is 5.69 Å². The minimum Gasteiger partial charge on any atom is -0.326 e. The maximum absolute atomic E-state index is 13.3. The molecule has 1 amide bonds. The van der Waals surface area contributed by atoms with E-state index in [1.165, 1.54) is 10.1 Å². The van der Waals surface area contributed by atoms with Gasteiger partial charge in [-0.2, -0.15) is 9.50 Å². The summed E-state index contributed by atoms with van der Waals surface area (Å²) in [6.07, 6.45) is 2.24. The molecular weight excluding hydrogens is 414 g/mol. The maximum Gasteiger partial charge on any atom is 0.279 e. The fourth-order valence-corrected chi connectivity index (χ4v) is 3.84. The molecule has 0 saturated heterocycles. The molecule has 0 aliphatic heterocycles. The summed E-state index contributed by atoms with van der Waals surface area (Å²) in [6, 6.07) is 15.3. The zero-order valence-electron chi connectivity index (χ0n) is 19.1. The van der Waals surface area contributed by atoms with Gasteiger partial charge in [-0.3, -0.25) is 9.59 Å². The van der Waals surface area contributed by atoms with Crippen LogP contribution in [0.15, 0.2) is 66.0 Å². The summed E-state index contributed by atoms with van der Waals surface area (Å²) >= 11 is 0. The third kappa shape index (κ3) is 4.48. The van der Waals surface area contributed by atoms with Crippen molar-refractivity contribution in [3.63, 3.8) is 0 Å². The Balaban J connectivity index is 1.65. The first-order chi connectivity index (χ1) is 15.9. The van der Waals surface area contributed by atoms with Crippen LogP contribution in [-0.4, -0.2) is 25.1 Å². The highest BCUT2D eigenvalue weighted by atomic mass is 16.1. The van der Waals surface area contributed by atoms with Crippen molar-refractivity contribution >= 4 is 17.4 Å². The summed E-state index contributed by atoms with van der Waals surface area (Å²) in [5.74, 6) is 0.796. The number of aromatic nitrogens is 4. The number of carbonyl (C=O) groups is 1. The number of nitrogens with zero attached hydrogens (tertiary/aromatic N) is 4. The second kappa shape index (κ2) is 9.24.